The van der Waals surface area contributed by atoms with E-state index in [2.05, 4.69) is 0 Å². The van der Waals surface area contributed by atoms with Gasteiger partial charge in [-0.2, -0.15) is 0 Å². The van der Waals surface area contributed by atoms with E-state index in [0.717, 1.165) is 31.1 Å². The van der Waals surface area contributed by atoms with E-state index in [1.54, 1.807) is 6.07 Å². The Labute approximate surface area is 76.6 Å². The number of rotatable bonds is 2. The van der Waals surface area contributed by atoms with Gasteiger partial charge in [0, 0.05) is 0 Å². The molecule has 2 rings (SSSR count). The van der Waals surface area contributed by atoms with Crippen LogP contribution in [0.2, 0.25) is 0 Å². The number of hydrogen-bond donors (Lipinski definition) is 0. The molecule has 0 aliphatic heterocycles. The summed E-state index contributed by atoms with van der Waals surface area (Å²) in [5.74, 6) is -0.259. The molecule has 0 radical (unpaired) electrons. The van der Waals surface area contributed by atoms with Gasteiger partial charge in [0.1, 0.15) is 12.1 Å². The lowest BCUT2D eigenvalue weighted by molar-refractivity contribution is -0.115. The Morgan fingerprint density at radius 2 is 2.15 bits per heavy atom. The van der Waals surface area contributed by atoms with Crippen molar-refractivity contribution in [3.63, 3.8) is 0 Å². The molecule has 13 heavy (non-hydrogen) atoms. The lowest BCUT2D eigenvalue weighted by Gasteiger charge is -2.37. The SMILES string of the molecule is O=CC1(c2cccc(F)c2)CCC1. The Morgan fingerprint density at radius 1 is 1.38 bits per heavy atom. The third-order valence-electron chi connectivity index (χ3n) is 2.87. The number of carbonyl (C=O) groups is 1. The van der Waals surface area contributed by atoms with Crippen molar-refractivity contribution in [1.29, 1.82) is 0 Å². The average molecular weight is 178 g/mol. The van der Waals surface area contributed by atoms with Crippen molar-refractivity contribution in [2.75, 3.05) is 0 Å². The third-order valence-corrected chi connectivity index (χ3v) is 2.87. The Bertz CT molecular complexity index is 329. The zero-order valence-corrected chi connectivity index (χ0v) is 7.29. The lowest BCUT2D eigenvalue weighted by atomic mass is 9.65. The average Bonchev–Trinajstić information content (AvgIpc) is 2.03. The van der Waals surface area contributed by atoms with Gasteiger partial charge in [0.25, 0.3) is 0 Å². The lowest BCUT2D eigenvalue weighted by Crippen LogP contribution is -2.35. The second kappa shape index (κ2) is 2.95. The highest BCUT2D eigenvalue weighted by molar-refractivity contribution is 5.70. The molecule has 68 valence electrons. The van der Waals surface area contributed by atoms with Gasteiger partial charge >= 0.3 is 0 Å². The normalized spacial score (nSPS) is 19.2. The summed E-state index contributed by atoms with van der Waals surface area (Å²) in [5, 5.41) is 0. The van der Waals surface area contributed by atoms with Crippen LogP contribution in [0.1, 0.15) is 24.8 Å². The molecule has 1 aliphatic carbocycles. The summed E-state index contributed by atoms with van der Waals surface area (Å²) < 4.78 is 12.9. The number of halogens is 1. The highest BCUT2D eigenvalue weighted by Gasteiger charge is 2.38. The van der Waals surface area contributed by atoms with Crippen molar-refractivity contribution >= 4 is 6.29 Å². The molecule has 0 aromatic heterocycles. The molecule has 1 saturated carbocycles. The molecule has 0 heterocycles. The molecule has 0 saturated heterocycles. The van der Waals surface area contributed by atoms with Crippen LogP contribution in [0.25, 0.3) is 0 Å². The summed E-state index contributed by atoms with van der Waals surface area (Å²) in [5.41, 5.74) is 0.455. The van der Waals surface area contributed by atoms with Gasteiger partial charge in [0.05, 0.1) is 5.41 Å². The molecule has 2 heteroatoms. The summed E-state index contributed by atoms with van der Waals surface area (Å²) in [6.45, 7) is 0. The van der Waals surface area contributed by atoms with Crippen LogP contribution in [0.15, 0.2) is 24.3 Å². The maximum atomic E-state index is 12.9. The number of benzene rings is 1. The van der Waals surface area contributed by atoms with Crippen LogP contribution in [-0.4, -0.2) is 6.29 Å². The van der Waals surface area contributed by atoms with Crippen molar-refractivity contribution in [3.05, 3.63) is 35.6 Å². The molecule has 1 aliphatic rings. The first kappa shape index (κ1) is 8.42. The molecule has 1 aromatic carbocycles. The summed E-state index contributed by atoms with van der Waals surface area (Å²) in [6.07, 6.45) is 3.75. The van der Waals surface area contributed by atoms with Gasteiger partial charge in [0.2, 0.25) is 0 Å². The molecule has 0 bridgehead atoms. The van der Waals surface area contributed by atoms with Gasteiger partial charge in [-0.15, -0.1) is 0 Å². The summed E-state index contributed by atoms with van der Waals surface area (Å²) in [6, 6.07) is 6.36. The highest BCUT2D eigenvalue weighted by atomic mass is 19.1. The molecular weight excluding hydrogens is 167 g/mol. The van der Waals surface area contributed by atoms with Crippen molar-refractivity contribution < 1.29 is 9.18 Å². The zero-order valence-electron chi connectivity index (χ0n) is 7.29. The first-order valence-electron chi connectivity index (χ1n) is 4.49. The molecule has 0 atom stereocenters. The number of aldehydes is 1. The first-order valence-corrected chi connectivity index (χ1v) is 4.49. The summed E-state index contributed by atoms with van der Waals surface area (Å²) in [7, 11) is 0. The fraction of sp³-hybridized carbons (Fsp3) is 0.364. The smallest absolute Gasteiger partial charge is 0.130 e. The second-order valence-corrected chi connectivity index (χ2v) is 3.64. The maximum absolute atomic E-state index is 12.9. The maximum Gasteiger partial charge on any atom is 0.130 e. The molecular formula is C11H11FO. The Hall–Kier alpha value is -1.18. The van der Waals surface area contributed by atoms with Gasteiger partial charge in [-0.25, -0.2) is 4.39 Å². The van der Waals surface area contributed by atoms with Gasteiger partial charge in [-0.3, -0.25) is 0 Å². The molecule has 0 spiro atoms. The molecule has 0 amide bonds. The second-order valence-electron chi connectivity index (χ2n) is 3.64. The van der Waals surface area contributed by atoms with E-state index in [9.17, 15) is 9.18 Å². The van der Waals surface area contributed by atoms with E-state index in [4.69, 9.17) is 0 Å². The van der Waals surface area contributed by atoms with E-state index in [1.165, 1.54) is 12.1 Å². The van der Waals surface area contributed by atoms with Crippen LogP contribution in [0.4, 0.5) is 4.39 Å². The van der Waals surface area contributed by atoms with Gasteiger partial charge in [0.15, 0.2) is 0 Å². The number of carbonyl (C=O) groups excluding carboxylic acids is 1. The van der Waals surface area contributed by atoms with E-state index >= 15 is 0 Å². The molecule has 1 nitrogen and oxygen atoms in total. The van der Waals surface area contributed by atoms with Crippen LogP contribution in [-0.2, 0) is 10.2 Å². The largest absolute Gasteiger partial charge is 0.302 e. The molecule has 0 N–H and O–H groups in total. The van der Waals surface area contributed by atoms with E-state index < -0.39 is 0 Å². The van der Waals surface area contributed by atoms with Gasteiger partial charge in [-0.1, -0.05) is 18.6 Å². The van der Waals surface area contributed by atoms with Crippen LogP contribution in [0, 0.1) is 5.82 Å². The Morgan fingerprint density at radius 3 is 2.62 bits per heavy atom. The fourth-order valence-corrected chi connectivity index (χ4v) is 1.83. The standard InChI is InChI=1S/C11H11FO/c12-10-4-1-3-9(7-10)11(8-13)5-2-6-11/h1,3-4,7-8H,2,5-6H2. The highest BCUT2D eigenvalue weighted by Crippen LogP contribution is 2.41. The molecule has 0 unspecified atom stereocenters. The fourth-order valence-electron chi connectivity index (χ4n) is 1.83. The minimum Gasteiger partial charge on any atom is -0.302 e. The number of hydrogen-bond acceptors (Lipinski definition) is 1. The van der Waals surface area contributed by atoms with E-state index in [-0.39, 0.29) is 11.2 Å². The van der Waals surface area contributed by atoms with Crippen LogP contribution in [0.5, 0.6) is 0 Å². The first-order chi connectivity index (χ1) is 6.27. The summed E-state index contributed by atoms with van der Waals surface area (Å²) >= 11 is 0. The summed E-state index contributed by atoms with van der Waals surface area (Å²) in [4.78, 5) is 10.9. The van der Waals surface area contributed by atoms with Crippen LogP contribution >= 0.6 is 0 Å². The minimum atomic E-state index is -0.373. The Kier molecular flexibility index (Phi) is 1.91. The third kappa shape index (κ3) is 1.26. The van der Waals surface area contributed by atoms with Gasteiger partial charge < -0.3 is 4.79 Å². The monoisotopic (exact) mass is 178 g/mol. The zero-order chi connectivity index (χ0) is 9.31. The van der Waals surface area contributed by atoms with E-state index in [0.29, 0.717) is 0 Å². The minimum absolute atomic E-state index is 0.259. The topological polar surface area (TPSA) is 17.1 Å². The Balaban J connectivity index is 2.38. The van der Waals surface area contributed by atoms with Crippen molar-refractivity contribution in [3.8, 4) is 0 Å². The predicted octanol–water partition coefficient (Wildman–Crippen LogP) is 2.45. The van der Waals surface area contributed by atoms with Crippen LogP contribution in [0.3, 0.4) is 0 Å². The molecule has 1 aromatic rings. The van der Waals surface area contributed by atoms with Crippen molar-refractivity contribution in [1.82, 2.24) is 0 Å². The van der Waals surface area contributed by atoms with E-state index in [1.807, 2.05) is 6.07 Å². The van der Waals surface area contributed by atoms with Crippen molar-refractivity contribution in [2.45, 2.75) is 24.7 Å². The molecule has 1 fully saturated rings. The quantitative estimate of drug-likeness (QED) is 0.636. The van der Waals surface area contributed by atoms with Crippen LogP contribution < -0.4 is 0 Å². The van der Waals surface area contributed by atoms with Crippen molar-refractivity contribution in [2.24, 2.45) is 0 Å². The van der Waals surface area contributed by atoms with Gasteiger partial charge in [-0.05, 0) is 30.5 Å². The predicted molar refractivity (Wildman–Crippen MR) is 48.0 cm³/mol.